The lowest BCUT2D eigenvalue weighted by Gasteiger charge is -2.10. The van der Waals surface area contributed by atoms with Crippen LogP contribution >= 0.6 is 11.8 Å². The zero-order chi connectivity index (χ0) is 20.5. The van der Waals surface area contributed by atoms with Crippen molar-refractivity contribution in [3.8, 4) is 0 Å². The van der Waals surface area contributed by atoms with Gasteiger partial charge in [-0.2, -0.15) is 0 Å². The first-order valence-electron chi connectivity index (χ1n) is 8.26. The van der Waals surface area contributed by atoms with Crippen LogP contribution in [-0.4, -0.2) is 46.5 Å². The van der Waals surface area contributed by atoms with E-state index in [0.717, 1.165) is 11.8 Å². The van der Waals surface area contributed by atoms with E-state index in [2.05, 4.69) is 15.8 Å². The van der Waals surface area contributed by atoms with Gasteiger partial charge in [0, 0.05) is 11.6 Å². The monoisotopic (exact) mass is 405 g/mol. The molecule has 1 aromatic heterocycles. The first-order valence-corrected chi connectivity index (χ1v) is 9.30. The van der Waals surface area contributed by atoms with Crippen molar-refractivity contribution in [3.05, 3.63) is 47.7 Å². The Morgan fingerprint density at radius 3 is 2.57 bits per heavy atom. The maximum absolute atomic E-state index is 12.0. The van der Waals surface area contributed by atoms with Gasteiger partial charge in [-0.1, -0.05) is 23.4 Å². The number of anilines is 1. The highest BCUT2D eigenvalue weighted by molar-refractivity contribution is 8.01. The number of benzene rings is 1. The molecule has 2 N–H and O–H groups in total. The molecule has 0 fully saturated rings. The molecule has 0 aliphatic carbocycles. The molecule has 2 aromatic rings. The van der Waals surface area contributed by atoms with Crippen LogP contribution in [0.4, 0.5) is 5.82 Å². The predicted molar refractivity (Wildman–Crippen MR) is 102 cm³/mol. The second kappa shape index (κ2) is 10.3. The molecule has 0 unspecified atom stereocenters. The molecule has 9 nitrogen and oxygen atoms in total. The van der Waals surface area contributed by atoms with Crippen LogP contribution in [0.25, 0.3) is 0 Å². The van der Waals surface area contributed by atoms with Gasteiger partial charge in [0.25, 0.3) is 11.8 Å². The van der Waals surface area contributed by atoms with Crippen molar-refractivity contribution in [1.29, 1.82) is 0 Å². The molecule has 0 saturated carbocycles. The number of carbonyl (C=O) groups is 4. The van der Waals surface area contributed by atoms with E-state index in [-0.39, 0.29) is 17.5 Å². The predicted octanol–water partition coefficient (Wildman–Crippen LogP) is 1.54. The van der Waals surface area contributed by atoms with Crippen LogP contribution in [-0.2, 0) is 19.1 Å². The quantitative estimate of drug-likeness (QED) is 0.633. The number of carbonyl (C=O) groups excluding carboxylic acids is 4. The first kappa shape index (κ1) is 21.2. The number of ether oxygens (including phenoxy) is 1. The summed E-state index contributed by atoms with van der Waals surface area (Å²) in [6.45, 7) is 2.72. The minimum Gasteiger partial charge on any atom is -0.455 e. The number of hydrogen-bond donors (Lipinski definition) is 2. The van der Waals surface area contributed by atoms with Gasteiger partial charge < -0.3 is 14.6 Å². The Balaban J connectivity index is 1.66. The van der Waals surface area contributed by atoms with Crippen molar-refractivity contribution >= 4 is 41.3 Å². The molecule has 1 heterocycles. The summed E-state index contributed by atoms with van der Waals surface area (Å²) in [5.41, 5.74) is 0.319. The Morgan fingerprint density at radius 2 is 1.93 bits per heavy atom. The van der Waals surface area contributed by atoms with Crippen molar-refractivity contribution < 1.29 is 28.4 Å². The molecule has 0 spiro atoms. The topological polar surface area (TPSA) is 128 Å². The maximum atomic E-state index is 12.0. The van der Waals surface area contributed by atoms with Gasteiger partial charge in [-0.25, -0.2) is 0 Å². The average Bonchev–Trinajstić information content (AvgIpc) is 3.09. The van der Waals surface area contributed by atoms with Gasteiger partial charge in [0.15, 0.2) is 12.4 Å². The van der Waals surface area contributed by atoms with Gasteiger partial charge in [-0.3, -0.25) is 24.5 Å². The molecular weight excluding hydrogens is 386 g/mol. The fourth-order valence-corrected chi connectivity index (χ4v) is 2.61. The Labute approximate surface area is 165 Å². The Morgan fingerprint density at radius 1 is 1.21 bits per heavy atom. The molecule has 0 aliphatic rings. The second-order valence-corrected chi connectivity index (χ2v) is 7.00. The second-order valence-electron chi connectivity index (χ2n) is 5.67. The van der Waals surface area contributed by atoms with E-state index < -0.39 is 29.6 Å². The summed E-state index contributed by atoms with van der Waals surface area (Å²) >= 11 is 1.04. The highest BCUT2D eigenvalue weighted by Gasteiger charge is 2.18. The summed E-state index contributed by atoms with van der Waals surface area (Å²) in [6, 6.07) is 9.75. The average molecular weight is 405 g/mol. The number of thioether (sulfide) groups is 1. The summed E-state index contributed by atoms with van der Waals surface area (Å²) in [5.74, 6) is -1.63. The molecule has 2 rings (SSSR count). The van der Waals surface area contributed by atoms with Crippen molar-refractivity contribution in [2.24, 2.45) is 0 Å². The lowest BCUT2D eigenvalue weighted by Crippen LogP contribution is -2.34. The molecule has 10 heteroatoms. The van der Waals surface area contributed by atoms with Crippen LogP contribution in [0.3, 0.4) is 0 Å². The van der Waals surface area contributed by atoms with E-state index in [1.807, 2.05) is 0 Å². The molecule has 148 valence electrons. The number of rotatable bonds is 8. The first-order chi connectivity index (χ1) is 13.3. The summed E-state index contributed by atoms with van der Waals surface area (Å²) in [4.78, 5) is 47.2. The van der Waals surface area contributed by atoms with Gasteiger partial charge in [0.05, 0.1) is 11.0 Å². The normalized spacial score (nSPS) is 11.4. The van der Waals surface area contributed by atoms with E-state index in [4.69, 9.17) is 9.26 Å². The summed E-state index contributed by atoms with van der Waals surface area (Å²) in [7, 11) is 0. The molecule has 0 saturated heterocycles. The number of nitrogens with zero attached hydrogens (tertiary/aromatic N) is 1. The third-order valence-corrected chi connectivity index (χ3v) is 4.47. The fraction of sp³-hybridized carbons (Fsp3) is 0.278. The van der Waals surface area contributed by atoms with Crippen LogP contribution in [0.2, 0.25) is 0 Å². The van der Waals surface area contributed by atoms with Gasteiger partial charge in [0.2, 0.25) is 5.91 Å². The Bertz CT molecular complexity index is 852. The van der Waals surface area contributed by atoms with E-state index in [1.165, 1.54) is 0 Å². The highest BCUT2D eigenvalue weighted by atomic mass is 32.2. The van der Waals surface area contributed by atoms with Gasteiger partial charge in [0.1, 0.15) is 5.76 Å². The van der Waals surface area contributed by atoms with Crippen LogP contribution in [0.5, 0.6) is 0 Å². The minimum atomic E-state index is -0.737. The SMILES string of the molecule is Cc1cc(NC(=O)[C@H](C)SCC(=O)OCC(=O)NC(=O)c2ccccc2)no1. The van der Waals surface area contributed by atoms with E-state index >= 15 is 0 Å². The maximum Gasteiger partial charge on any atom is 0.316 e. The van der Waals surface area contributed by atoms with Crippen molar-refractivity contribution in [1.82, 2.24) is 10.5 Å². The van der Waals surface area contributed by atoms with Crippen LogP contribution in [0.1, 0.15) is 23.0 Å². The zero-order valence-electron chi connectivity index (χ0n) is 15.3. The number of aromatic nitrogens is 1. The van der Waals surface area contributed by atoms with Crippen LogP contribution in [0.15, 0.2) is 40.9 Å². The summed E-state index contributed by atoms with van der Waals surface area (Å²) < 4.78 is 9.66. The number of hydrogen-bond acceptors (Lipinski definition) is 8. The summed E-state index contributed by atoms with van der Waals surface area (Å²) in [6.07, 6.45) is 0. The number of amides is 3. The van der Waals surface area contributed by atoms with Gasteiger partial charge >= 0.3 is 5.97 Å². The smallest absolute Gasteiger partial charge is 0.316 e. The number of esters is 1. The van der Waals surface area contributed by atoms with E-state index in [1.54, 1.807) is 50.2 Å². The van der Waals surface area contributed by atoms with E-state index in [0.29, 0.717) is 11.3 Å². The third kappa shape index (κ3) is 6.88. The van der Waals surface area contributed by atoms with E-state index in [9.17, 15) is 19.2 Å². The summed E-state index contributed by atoms with van der Waals surface area (Å²) in [5, 5.41) is 7.77. The molecule has 0 radical (unpaired) electrons. The highest BCUT2D eigenvalue weighted by Crippen LogP contribution is 2.14. The van der Waals surface area contributed by atoms with Crippen LogP contribution in [0, 0.1) is 6.92 Å². The van der Waals surface area contributed by atoms with Crippen molar-refractivity contribution in [2.75, 3.05) is 17.7 Å². The third-order valence-electron chi connectivity index (χ3n) is 3.35. The molecule has 0 aliphatic heterocycles. The molecule has 0 bridgehead atoms. The van der Waals surface area contributed by atoms with Crippen molar-refractivity contribution in [2.45, 2.75) is 19.1 Å². The largest absolute Gasteiger partial charge is 0.455 e. The lowest BCUT2D eigenvalue weighted by atomic mass is 10.2. The standard InChI is InChI=1S/C18H19N3O6S/c1-11-8-14(21-27-11)19-17(24)12(2)28-10-16(23)26-9-15(22)20-18(25)13-6-4-3-5-7-13/h3-8,12H,9-10H2,1-2H3,(H,19,21,24)(H,20,22,25)/t12-/m0/s1. The molecule has 3 amide bonds. The molecular formula is C18H19N3O6S. The number of imide groups is 1. The lowest BCUT2D eigenvalue weighted by molar-refractivity contribution is -0.145. The Kier molecular flexibility index (Phi) is 7.76. The number of aryl methyl sites for hydroxylation is 1. The molecule has 1 atom stereocenters. The fourth-order valence-electron chi connectivity index (χ4n) is 1.93. The van der Waals surface area contributed by atoms with Crippen LogP contribution < -0.4 is 10.6 Å². The zero-order valence-corrected chi connectivity index (χ0v) is 16.1. The number of nitrogens with one attached hydrogen (secondary N) is 2. The Hall–Kier alpha value is -3.14. The van der Waals surface area contributed by atoms with Gasteiger partial charge in [-0.05, 0) is 26.0 Å². The minimum absolute atomic E-state index is 0.133. The van der Waals surface area contributed by atoms with Crippen molar-refractivity contribution in [3.63, 3.8) is 0 Å². The molecule has 28 heavy (non-hydrogen) atoms. The molecule has 1 aromatic carbocycles. The van der Waals surface area contributed by atoms with Gasteiger partial charge in [-0.15, -0.1) is 11.8 Å².